The molecule has 0 aromatic carbocycles. The lowest BCUT2D eigenvalue weighted by Gasteiger charge is -2.42. The Morgan fingerprint density at radius 3 is 2.14 bits per heavy atom. The van der Waals surface area contributed by atoms with Crippen molar-refractivity contribution in [1.82, 2.24) is 5.32 Å². The molecule has 4 heteroatoms. The zero-order chi connectivity index (χ0) is 10.3. The third kappa shape index (κ3) is 2.11. The summed E-state index contributed by atoms with van der Waals surface area (Å²) in [5.74, 6) is 2.34. The van der Waals surface area contributed by atoms with Gasteiger partial charge in [-0.05, 0) is 24.7 Å². The van der Waals surface area contributed by atoms with E-state index in [2.05, 4.69) is 19.2 Å². The van der Waals surface area contributed by atoms with Crippen LogP contribution in [0.3, 0.4) is 0 Å². The van der Waals surface area contributed by atoms with Gasteiger partial charge in [-0.15, -0.1) is 0 Å². The smallest absolute Gasteiger partial charge is 0.153 e. The van der Waals surface area contributed by atoms with Gasteiger partial charge in [0.25, 0.3) is 0 Å². The maximum absolute atomic E-state index is 10.9. The quantitative estimate of drug-likeness (QED) is 0.761. The van der Waals surface area contributed by atoms with Gasteiger partial charge in [0, 0.05) is 12.1 Å². The van der Waals surface area contributed by atoms with Gasteiger partial charge in [-0.25, -0.2) is 8.42 Å². The summed E-state index contributed by atoms with van der Waals surface area (Å²) < 4.78 is 21.8. The highest BCUT2D eigenvalue weighted by atomic mass is 32.2. The number of sulfone groups is 1. The van der Waals surface area contributed by atoms with Crippen LogP contribution in [0.1, 0.15) is 26.7 Å². The molecular formula is C10H19NO2S. The van der Waals surface area contributed by atoms with Crippen LogP contribution in [0.5, 0.6) is 0 Å². The fraction of sp³-hybridized carbons (Fsp3) is 1.00. The van der Waals surface area contributed by atoms with Gasteiger partial charge in [0.05, 0.1) is 11.5 Å². The van der Waals surface area contributed by atoms with Crippen LogP contribution in [0.15, 0.2) is 0 Å². The van der Waals surface area contributed by atoms with E-state index in [0.717, 1.165) is 11.8 Å². The van der Waals surface area contributed by atoms with E-state index in [-0.39, 0.29) is 6.04 Å². The Bertz CT molecular complexity index is 292. The second-order valence-electron chi connectivity index (χ2n) is 5.11. The molecule has 0 aromatic heterocycles. The predicted octanol–water partition coefficient (Wildman–Crippen LogP) is 0.808. The molecule has 1 N–H and O–H groups in total. The lowest BCUT2D eigenvalue weighted by atomic mass is 9.73. The average Bonchev–Trinajstić information content (AvgIpc) is 1.90. The van der Waals surface area contributed by atoms with Crippen LogP contribution in [0.2, 0.25) is 0 Å². The highest BCUT2D eigenvalue weighted by molar-refractivity contribution is 7.92. The number of nitrogens with one attached hydrogen (secondary N) is 1. The van der Waals surface area contributed by atoms with Crippen molar-refractivity contribution in [1.29, 1.82) is 0 Å². The molecule has 14 heavy (non-hydrogen) atoms. The molecular weight excluding hydrogens is 198 g/mol. The SMILES string of the molecule is CC(C)C1CC(NC2CS(=O)(=O)C2)C1. The first-order valence-electron chi connectivity index (χ1n) is 5.43. The monoisotopic (exact) mass is 217 g/mol. The molecule has 0 aromatic rings. The fourth-order valence-electron chi connectivity index (χ4n) is 2.34. The molecule has 0 amide bonds. The van der Waals surface area contributed by atoms with E-state index in [1.807, 2.05) is 0 Å². The topological polar surface area (TPSA) is 46.2 Å². The maximum atomic E-state index is 10.9. The van der Waals surface area contributed by atoms with Crippen LogP contribution < -0.4 is 5.32 Å². The summed E-state index contributed by atoms with van der Waals surface area (Å²) in [6.45, 7) is 4.52. The number of hydrogen-bond donors (Lipinski definition) is 1. The van der Waals surface area contributed by atoms with E-state index >= 15 is 0 Å². The van der Waals surface area contributed by atoms with Gasteiger partial charge in [-0.2, -0.15) is 0 Å². The van der Waals surface area contributed by atoms with Crippen LogP contribution in [-0.4, -0.2) is 32.0 Å². The molecule has 0 spiro atoms. The highest BCUT2D eigenvalue weighted by Gasteiger charge is 2.38. The van der Waals surface area contributed by atoms with Crippen LogP contribution in [0.4, 0.5) is 0 Å². The maximum Gasteiger partial charge on any atom is 0.153 e. The molecule has 2 aliphatic rings. The predicted molar refractivity (Wildman–Crippen MR) is 56.9 cm³/mol. The summed E-state index contributed by atoms with van der Waals surface area (Å²) in [5.41, 5.74) is 0. The van der Waals surface area contributed by atoms with E-state index in [1.54, 1.807) is 0 Å². The molecule has 0 unspecified atom stereocenters. The van der Waals surface area contributed by atoms with Crippen molar-refractivity contribution in [3.8, 4) is 0 Å². The Morgan fingerprint density at radius 1 is 1.14 bits per heavy atom. The first kappa shape index (κ1) is 10.4. The van der Waals surface area contributed by atoms with E-state index in [0.29, 0.717) is 17.5 Å². The first-order valence-corrected chi connectivity index (χ1v) is 7.25. The van der Waals surface area contributed by atoms with Crippen LogP contribution in [0, 0.1) is 11.8 Å². The molecule has 2 fully saturated rings. The second-order valence-corrected chi connectivity index (χ2v) is 7.27. The van der Waals surface area contributed by atoms with Gasteiger partial charge in [-0.1, -0.05) is 13.8 Å². The molecule has 1 aliphatic heterocycles. The molecule has 3 nitrogen and oxygen atoms in total. The second kappa shape index (κ2) is 3.49. The fourth-order valence-corrected chi connectivity index (χ4v) is 3.66. The molecule has 0 bridgehead atoms. The van der Waals surface area contributed by atoms with Gasteiger partial charge in [0.1, 0.15) is 0 Å². The highest BCUT2D eigenvalue weighted by Crippen LogP contribution is 2.34. The molecule has 1 heterocycles. The Labute approximate surface area is 86.2 Å². The van der Waals surface area contributed by atoms with Crippen molar-refractivity contribution in [2.24, 2.45) is 11.8 Å². The molecule has 1 aliphatic carbocycles. The lowest BCUT2D eigenvalue weighted by Crippen LogP contribution is -2.57. The molecule has 0 radical (unpaired) electrons. The Balaban J connectivity index is 1.66. The van der Waals surface area contributed by atoms with E-state index in [4.69, 9.17) is 0 Å². The van der Waals surface area contributed by atoms with Gasteiger partial charge in [-0.3, -0.25) is 0 Å². The van der Waals surface area contributed by atoms with E-state index < -0.39 is 9.84 Å². The van der Waals surface area contributed by atoms with Crippen molar-refractivity contribution in [3.63, 3.8) is 0 Å². The summed E-state index contributed by atoms with van der Waals surface area (Å²) in [7, 11) is -2.65. The Kier molecular flexibility index (Phi) is 2.60. The van der Waals surface area contributed by atoms with Crippen LogP contribution >= 0.6 is 0 Å². The van der Waals surface area contributed by atoms with Crippen molar-refractivity contribution < 1.29 is 8.42 Å². The minimum atomic E-state index is -2.65. The van der Waals surface area contributed by atoms with Crippen molar-refractivity contribution in [2.45, 2.75) is 38.8 Å². The average molecular weight is 217 g/mol. The summed E-state index contributed by atoms with van der Waals surface area (Å²) in [6.07, 6.45) is 2.46. The third-order valence-electron chi connectivity index (χ3n) is 3.50. The largest absolute Gasteiger partial charge is 0.309 e. The van der Waals surface area contributed by atoms with Crippen molar-refractivity contribution in [3.05, 3.63) is 0 Å². The zero-order valence-corrected chi connectivity index (χ0v) is 9.68. The van der Waals surface area contributed by atoms with Crippen LogP contribution in [0.25, 0.3) is 0 Å². The summed E-state index contributed by atoms with van der Waals surface area (Å²) in [5, 5.41) is 3.41. The number of hydrogen-bond acceptors (Lipinski definition) is 3. The standard InChI is InChI=1S/C10H19NO2S/c1-7(2)8-3-9(4-8)11-10-5-14(12,13)6-10/h7-11H,3-6H2,1-2H3. The van der Waals surface area contributed by atoms with Gasteiger partial charge in [0.15, 0.2) is 9.84 Å². The number of rotatable bonds is 3. The zero-order valence-electron chi connectivity index (χ0n) is 8.86. The van der Waals surface area contributed by atoms with Crippen molar-refractivity contribution >= 4 is 9.84 Å². The van der Waals surface area contributed by atoms with E-state index in [9.17, 15) is 8.42 Å². The summed E-state index contributed by atoms with van der Waals surface area (Å²) in [6, 6.07) is 0.834. The van der Waals surface area contributed by atoms with Gasteiger partial charge in [0.2, 0.25) is 0 Å². The molecule has 2 rings (SSSR count). The molecule has 0 atom stereocenters. The Hall–Kier alpha value is -0.0900. The normalized spacial score (nSPS) is 36.5. The molecule has 1 saturated carbocycles. The third-order valence-corrected chi connectivity index (χ3v) is 5.32. The van der Waals surface area contributed by atoms with E-state index in [1.165, 1.54) is 12.8 Å². The van der Waals surface area contributed by atoms with Gasteiger partial charge < -0.3 is 5.32 Å². The lowest BCUT2D eigenvalue weighted by molar-refractivity contribution is 0.160. The van der Waals surface area contributed by atoms with Crippen molar-refractivity contribution in [2.75, 3.05) is 11.5 Å². The summed E-state index contributed by atoms with van der Waals surface area (Å²) in [4.78, 5) is 0. The molecule has 1 saturated heterocycles. The minimum absolute atomic E-state index is 0.248. The molecule has 82 valence electrons. The van der Waals surface area contributed by atoms with Crippen LogP contribution in [-0.2, 0) is 9.84 Å². The minimum Gasteiger partial charge on any atom is -0.309 e. The summed E-state index contributed by atoms with van der Waals surface area (Å²) >= 11 is 0. The Morgan fingerprint density at radius 2 is 1.71 bits per heavy atom. The van der Waals surface area contributed by atoms with Gasteiger partial charge >= 0.3 is 0 Å². The first-order chi connectivity index (χ1) is 6.46.